The Kier molecular flexibility index (Phi) is 3.33. The van der Waals surface area contributed by atoms with Gasteiger partial charge in [-0.1, -0.05) is 11.8 Å². The van der Waals surface area contributed by atoms with Crippen molar-refractivity contribution in [3.8, 4) is 0 Å². The smallest absolute Gasteiger partial charge is 0.191 e. The van der Waals surface area contributed by atoms with Crippen LogP contribution in [0.3, 0.4) is 0 Å². The Morgan fingerprint density at radius 1 is 1.12 bits per heavy atom. The van der Waals surface area contributed by atoms with Gasteiger partial charge in [0.2, 0.25) is 0 Å². The number of aryl methyl sites for hydroxylation is 1. The van der Waals surface area contributed by atoms with Crippen LogP contribution in [0.5, 0.6) is 0 Å². The average Bonchev–Trinajstić information content (AvgIpc) is 2.63. The number of aromatic nitrogens is 4. The molecule has 8 heteroatoms. The van der Waals surface area contributed by atoms with E-state index in [0.717, 1.165) is 12.3 Å². The van der Waals surface area contributed by atoms with Crippen LogP contribution in [0.4, 0.5) is 17.5 Å². The number of nitrogens with zero attached hydrogens (tertiary/aromatic N) is 4. The number of nitrogens with two attached hydrogens (primary N) is 3. The average molecular weight is 251 g/mol. The third-order valence-electron chi connectivity index (χ3n) is 1.96. The minimum absolute atomic E-state index is 0.378. The Hall–Kier alpha value is -1.96. The van der Waals surface area contributed by atoms with Crippen molar-refractivity contribution in [2.75, 3.05) is 23.0 Å². The van der Waals surface area contributed by atoms with Gasteiger partial charge in [0.05, 0.1) is 6.54 Å². The van der Waals surface area contributed by atoms with Gasteiger partial charge in [-0.05, 0) is 6.07 Å². The lowest BCUT2D eigenvalue weighted by atomic mass is 10.5. The summed E-state index contributed by atoms with van der Waals surface area (Å²) < 4.78 is 1.76. The molecule has 0 aliphatic rings. The maximum atomic E-state index is 5.57. The summed E-state index contributed by atoms with van der Waals surface area (Å²) in [5, 5.41) is 4.64. The topological polar surface area (TPSA) is 122 Å². The number of thioether (sulfide) groups is 1. The fraction of sp³-hybridized carbons (Fsp3) is 0.222. The molecule has 0 unspecified atom stereocenters. The highest BCUT2D eigenvalue weighted by Gasteiger charge is 2.02. The zero-order chi connectivity index (χ0) is 12.3. The van der Waals surface area contributed by atoms with Gasteiger partial charge in [-0.15, -0.1) is 0 Å². The molecule has 0 aromatic carbocycles. The van der Waals surface area contributed by atoms with Gasteiger partial charge in [0.1, 0.15) is 17.5 Å². The lowest BCUT2D eigenvalue weighted by Crippen LogP contribution is -2.04. The molecule has 90 valence electrons. The molecule has 0 fully saturated rings. The summed E-state index contributed by atoms with van der Waals surface area (Å²) in [7, 11) is 0. The minimum Gasteiger partial charge on any atom is -0.383 e. The van der Waals surface area contributed by atoms with Gasteiger partial charge in [-0.3, -0.25) is 4.68 Å². The second-order valence-electron chi connectivity index (χ2n) is 3.35. The highest BCUT2D eigenvalue weighted by Crippen LogP contribution is 2.16. The van der Waals surface area contributed by atoms with E-state index in [1.54, 1.807) is 10.7 Å². The third-order valence-corrected chi connectivity index (χ3v) is 2.79. The first-order valence-corrected chi connectivity index (χ1v) is 5.94. The molecule has 0 spiro atoms. The van der Waals surface area contributed by atoms with Gasteiger partial charge in [0.15, 0.2) is 5.16 Å². The number of rotatable bonds is 4. The van der Waals surface area contributed by atoms with Crippen LogP contribution in [-0.4, -0.2) is 25.5 Å². The molecule has 0 saturated carbocycles. The van der Waals surface area contributed by atoms with Crippen LogP contribution in [0.1, 0.15) is 0 Å². The van der Waals surface area contributed by atoms with Crippen LogP contribution in [-0.2, 0) is 6.54 Å². The lowest BCUT2D eigenvalue weighted by Gasteiger charge is -2.02. The molecule has 2 aromatic heterocycles. The van der Waals surface area contributed by atoms with Crippen molar-refractivity contribution >= 4 is 29.2 Å². The number of nitrogen functional groups attached to an aromatic ring is 3. The molecule has 6 N–H and O–H groups in total. The standard InChI is InChI=1S/C9H13N7S/c10-6-1-2-16(15-6)3-4-17-9-13-7(11)5-8(12)14-9/h1-2,5H,3-4H2,(H2,10,15)(H4,11,12,13,14). The van der Waals surface area contributed by atoms with E-state index in [4.69, 9.17) is 17.2 Å². The van der Waals surface area contributed by atoms with E-state index in [9.17, 15) is 0 Å². The molecular weight excluding hydrogens is 238 g/mol. The molecule has 0 radical (unpaired) electrons. The maximum Gasteiger partial charge on any atom is 0.191 e. The number of hydrogen-bond acceptors (Lipinski definition) is 7. The van der Waals surface area contributed by atoms with Crippen LogP contribution >= 0.6 is 11.8 Å². The Morgan fingerprint density at radius 2 is 1.82 bits per heavy atom. The minimum atomic E-state index is 0.378. The number of hydrogen-bond donors (Lipinski definition) is 3. The van der Waals surface area contributed by atoms with Gasteiger partial charge in [-0.25, -0.2) is 9.97 Å². The molecule has 0 bridgehead atoms. The van der Waals surface area contributed by atoms with Crippen LogP contribution in [0, 0.1) is 0 Å². The van der Waals surface area contributed by atoms with Crippen molar-refractivity contribution < 1.29 is 0 Å². The van der Waals surface area contributed by atoms with Crippen molar-refractivity contribution in [1.29, 1.82) is 0 Å². The summed E-state index contributed by atoms with van der Waals surface area (Å²) in [5.41, 5.74) is 16.6. The van der Waals surface area contributed by atoms with E-state index in [1.807, 2.05) is 6.20 Å². The normalized spacial score (nSPS) is 10.6. The van der Waals surface area contributed by atoms with Crippen molar-refractivity contribution in [1.82, 2.24) is 19.7 Å². The van der Waals surface area contributed by atoms with Gasteiger partial charge in [0.25, 0.3) is 0 Å². The summed E-state index contributed by atoms with van der Waals surface area (Å²) in [4.78, 5) is 8.13. The Labute approximate surface area is 102 Å². The molecular formula is C9H13N7S. The first kappa shape index (κ1) is 11.5. The summed E-state index contributed by atoms with van der Waals surface area (Å²) in [6, 6.07) is 3.28. The second-order valence-corrected chi connectivity index (χ2v) is 4.41. The van der Waals surface area contributed by atoms with E-state index < -0.39 is 0 Å². The van der Waals surface area contributed by atoms with E-state index >= 15 is 0 Å². The van der Waals surface area contributed by atoms with E-state index in [2.05, 4.69) is 15.1 Å². The molecule has 17 heavy (non-hydrogen) atoms. The Morgan fingerprint density at radius 3 is 2.41 bits per heavy atom. The van der Waals surface area contributed by atoms with Crippen LogP contribution in [0.15, 0.2) is 23.5 Å². The van der Waals surface area contributed by atoms with E-state index in [0.29, 0.717) is 22.6 Å². The van der Waals surface area contributed by atoms with Crippen molar-refractivity contribution in [3.63, 3.8) is 0 Å². The van der Waals surface area contributed by atoms with Crippen molar-refractivity contribution in [2.24, 2.45) is 0 Å². The largest absolute Gasteiger partial charge is 0.383 e. The predicted octanol–water partition coefficient (Wildman–Crippen LogP) is 0.212. The second kappa shape index (κ2) is 4.91. The molecule has 0 saturated heterocycles. The summed E-state index contributed by atoms with van der Waals surface area (Å²) in [6.07, 6.45) is 1.82. The van der Waals surface area contributed by atoms with Crippen LogP contribution in [0.25, 0.3) is 0 Å². The van der Waals surface area contributed by atoms with Gasteiger partial charge in [0, 0.05) is 18.0 Å². The van der Waals surface area contributed by atoms with Gasteiger partial charge in [-0.2, -0.15) is 5.10 Å². The summed E-state index contributed by atoms with van der Waals surface area (Å²) in [5.74, 6) is 2.04. The molecule has 2 aromatic rings. The summed E-state index contributed by atoms with van der Waals surface area (Å²) in [6.45, 7) is 0.722. The molecule has 0 aliphatic carbocycles. The SMILES string of the molecule is Nc1cc(N)nc(SCCn2ccc(N)n2)n1. The number of anilines is 3. The van der Waals surface area contributed by atoms with E-state index in [-0.39, 0.29) is 0 Å². The first-order chi connectivity index (χ1) is 8.13. The zero-order valence-electron chi connectivity index (χ0n) is 9.08. The van der Waals surface area contributed by atoms with Gasteiger partial charge >= 0.3 is 0 Å². The highest BCUT2D eigenvalue weighted by atomic mass is 32.2. The monoisotopic (exact) mass is 251 g/mol. The Balaban J connectivity index is 1.89. The zero-order valence-corrected chi connectivity index (χ0v) is 9.89. The predicted molar refractivity (Wildman–Crippen MR) is 68.2 cm³/mol. The molecule has 0 amide bonds. The van der Waals surface area contributed by atoms with Crippen LogP contribution in [0.2, 0.25) is 0 Å². The molecule has 2 heterocycles. The van der Waals surface area contributed by atoms with E-state index in [1.165, 1.54) is 17.8 Å². The molecule has 7 nitrogen and oxygen atoms in total. The third kappa shape index (κ3) is 3.25. The highest BCUT2D eigenvalue weighted by molar-refractivity contribution is 7.99. The maximum absolute atomic E-state index is 5.57. The fourth-order valence-corrected chi connectivity index (χ4v) is 2.06. The Bertz CT molecular complexity index is 490. The van der Waals surface area contributed by atoms with Crippen molar-refractivity contribution in [2.45, 2.75) is 11.7 Å². The van der Waals surface area contributed by atoms with Crippen molar-refractivity contribution in [3.05, 3.63) is 18.3 Å². The molecule has 0 aliphatic heterocycles. The lowest BCUT2D eigenvalue weighted by molar-refractivity contribution is 0.669. The first-order valence-electron chi connectivity index (χ1n) is 4.95. The fourth-order valence-electron chi connectivity index (χ4n) is 1.26. The van der Waals surface area contributed by atoms with Gasteiger partial charge < -0.3 is 17.2 Å². The summed E-state index contributed by atoms with van der Waals surface area (Å²) >= 11 is 1.47. The molecule has 2 rings (SSSR count). The van der Waals surface area contributed by atoms with Crippen LogP contribution < -0.4 is 17.2 Å². The molecule has 0 atom stereocenters. The quantitative estimate of drug-likeness (QED) is 0.524.